The highest BCUT2D eigenvalue weighted by Crippen LogP contribution is 2.26. The van der Waals surface area contributed by atoms with Crippen LogP contribution in [0.25, 0.3) is 16.8 Å². The van der Waals surface area contributed by atoms with Gasteiger partial charge in [-0.25, -0.2) is 9.50 Å². The molecule has 0 unspecified atom stereocenters. The molecule has 3 rings (SSSR count). The van der Waals surface area contributed by atoms with Crippen molar-refractivity contribution in [3.05, 3.63) is 52.6 Å². The first-order valence-electron chi connectivity index (χ1n) is 7.86. The van der Waals surface area contributed by atoms with Crippen molar-refractivity contribution in [3.8, 4) is 11.1 Å². The standard InChI is InChI=1S/C18H22N4O/c1-5-19-13-8-6-12(7-9-13)14-11-20-22-16(23)10-15(18(2,3)4)21-17(14)22/h6-11,19-20H,5H2,1-4H3. The highest BCUT2D eigenvalue weighted by molar-refractivity contribution is 5.77. The molecule has 2 heterocycles. The maximum atomic E-state index is 12.3. The second-order valence-corrected chi connectivity index (χ2v) is 6.68. The van der Waals surface area contributed by atoms with Crippen LogP contribution in [0.4, 0.5) is 5.69 Å². The molecule has 0 saturated carbocycles. The first-order chi connectivity index (χ1) is 10.9. The molecule has 0 amide bonds. The lowest BCUT2D eigenvalue weighted by atomic mass is 9.92. The van der Waals surface area contributed by atoms with Gasteiger partial charge in [-0.15, -0.1) is 0 Å². The number of rotatable bonds is 3. The van der Waals surface area contributed by atoms with Gasteiger partial charge in [-0.3, -0.25) is 9.89 Å². The average molecular weight is 310 g/mol. The number of nitrogens with one attached hydrogen (secondary N) is 2. The van der Waals surface area contributed by atoms with Gasteiger partial charge in [0.2, 0.25) is 0 Å². The normalized spacial score (nSPS) is 11.8. The lowest BCUT2D eigenvalue weighted by Crippen LogP contribution is -2.22. The van der Waals surface area contributed by atoms with Crippen molar-refractivity contribution in [3.63, 3.8) is 0 Å². The first kappa shape index (κ1) is 15.3. The molecular weight excluding hydrogens is 288 g/mol. The predicted octanol–water partition coefficient (Wildman–Crippen LogP) is 3.42. The largest absolute Gasteiger partial charge is 0.385 e. The highest BCUT2D eigenvalue weighted by Gasteiger charge is 2.19. The van der Waals surface area contributed by atoms with Gasteiger partial charge >= 0.3 is 0 Å². The Bertz CT molecular complexity index is 882. The van der Waals surface area contributed by atoms with Crippen molar-refractivity contribution >= 4 is 11.3 Å². The Morgan fingerprint density at radius 2 is 1.91 bits per heavy atom. The fourth-order valence-electron chi connectivity index (χ4n) is 2.55. The van der Waals surface area contributed by atoms with Gasteiger partial charge in [0.1, 0.15) is 0 Å². The summed E-state index contributed by atoms with van der Waals surface area (Å²) in [7, 11) is 0. The molecule has 2 aromatic heterocycles. The van der Waals surface area contributed by atoms with Gasteiger partial charge in [-0.05, 0) is 24.6 Å². The minimum Gasteiger partial charge on any atom is -0.385 e. The van der Waals surface area contributed by atoms with Crippen molar-refractivity contribution in [2.45, 2.75) is 33.1 Å². The molecule has 120 valence electrons. The molecular formula is C18H22N4O. The van der Waals surface area contributed by atoms with Gasteiger partial charge in [0.05, 0.1) is 5.69 Å². The van der Waals surface area contributed by atoms with E-state index in [1.807, 2.05) is 30.5 Å². The van der Waals surface area contributed by atoms with E-state index in [1.54, 1.807) is 6.07 Å². The van der Waals surface area contributed by atoms with Gasteiger partial charge in [-0.1, -0.05) is 32.9 Å². The Kier molecular flexibility index (Phi) is 3.72. The molecule has 5 nitrogen and oxygen atoms in total. The van der Waals surface area contributed by atoms with Crippen molar-refractivity contribution < 1.29 is 0 Å². The number of fused-ring (bicyclic) bond motifs is 1. The number of aromatic amines is 1. The summed E-state index contributed by atoms with van der Waals surface area (Å²) in [5.41, 5.74) is 4.25. The van der Waals surface area contributed by atoms with Crippen LogP contribution in [0.1, 0.15) is 33.4 Å². The van der Waals surface area contributed by atoms with Crippen molar-refractivity contribution in [2.24, 2.45) is 0 Å². The third-order valence-electron chi connectivity index (χ3n) is 3.84. The molecule has 0 aliphatic heterocycles. The highest BCUT2D eigenvalue weighted by atomic mass is 16.1. The van der Waals surface area contributed by atoms with Crippen molar-refractivity contribution in [2.75, 3.05) is 11.9 Å². The molecule has 23 heavy (non-hydrogen) atoms. The number of H-pyrrole nitrogens is 1. The summed E-state index contributed by atoms with van der Waals surface area (Å²) in [6, 6.07) is 9.75. The van der Waals surface area contributed by atoms with Gasteiger partial charge < -0.3 is 5.32 Å². The Morgan fingerprint density at radius 1 is 1.22 bits per heavy atom. The smallest absolute Gasteiger partial charge is 0.272 e. The summed E-state index contributed by atoms with van der Waals surface area (Å²) in [5, 5.41) is 6.28. The number of nitrogens with zero attached hydrogens (tertiary/aromatic N) is 2. The third kappa shape index (κ3) is 2.86. The van der Waals surface area contributed by atoms with Gasteiger partial charge in [0.15, 0.2) is 5.65 Å². The van der Waals surface area contributed by atoms with E-state index in [1.165, 1.54) is 4.52 Å². The van der Waals surface area contributed by atoms with Gasteiger partial charge in [-0.2, -0.15) is 0 Å². The summed E-state index contributed by atoms with van der Waals surface area (Å²) in [4.78, 5) is 17.0. The molecule has 2 N–H and O–H groups in total. The molecule has 0 bridgehead atoms. The number of hydrogen-bond acceptors (Lipinski definition) is 3. The van der Waals surface area contributed by atoms with Crippen LogP contribution in [0.15, 0.2) is 41.3 Å². The van der Waals surface area contributed by atoms with Crippen LogP contribution in [-0.2, 0) is 5.41 Å². The summed E-state index contributed by atoms with van der Waals surface area (Å²) >= 11 is 0. The maximum Gasteiger partial charge on any atom is 0.272 e. The number of hydrogen-bond donors (Lipinski definition) is 2. The van der Waals surface area contributed by atoms with Gasteiger partial charge in [0, 0.05) is 35.5 Å². The second kappa shape index (κ2) is 5.57. The summed E-state index contributed by atoms with van der Waals surface area (Å²) in [5.74, 6) is 0. The van der Waals surface area contributed by atoms with Crippen LogP contribution in [0.5, 0.6) is 0 Å². The number of benzene rings is 1. The topological polar surface area (TPSA) is 62.2 Å². The second-order valence-electron chi connectivity index (χ2n) is 6.68. The Balaban J connectivity index is 2.14. The van der Waals surface area contributed by atoms with E-state index >= 15 is 0 Å². The molecule has 0 atom stereocenters. The monoisotopic (exact) mass is 310 g/mol. The molecule has 0 spiro atoms. The van der Waals surface area contributed by atoms with Crippen molar-refractivity contribution in [1.29, 1.82) is 0 Å². The van der Waals surface area contributed by atoms with Crippen molar-refractivity contribution in [1.82, 2.24) is 14.6 Å². The molecule has 0 fully saturated rings. The molecule has 1 aromatic carbocycles. The summed E-state index contributed by atoms with van der Waals surface area (Å²) in [6.45, 7) is 9.13. The van der Waals surface area contributed by atoms with E-state index in [9.17, 15) is 4.79 Å². The van der Waals surface area contributed by atoms with Crippen LogP contribution >= 0.6 is 0 Å². The summed E-state index contributed by atoms with van der Waals surface area (Å²) in [6.07, 6.45) is 1.83. The van der Waals surface area contributed by atoms with E-state index in [0.717, 1.165) is 29.1 Å². The lowest BCUT2D eigenvalue weighted by Gasteiger charge is -2.17. The van der Waals surface area contributed by atoms with Crippen LogP contribution in [0.3, 0.4) is 0 Å². The van der Waals surface area contributed by atoms with E-state index in [2.05, 4.69) is 38.1 Å². The molecule has 5 heteroatoms. The van der Waals surface area contributed by atoms with Crippen LogP contribution in [-0.4, -0.2) is 21.1 Å². The SMILES string of the molecule is CCNc1ccc(-c2c[nH]n3c(=O)cc(C(C)(C)C)nc23)cc1. The van der Waals surface area contributed by atoms with E-state index in [-0.39, 0.29) is 11.0 Å². The van der Waals surface area contributed by atoms with E-state index in [0.29, 0.717) is 5.65 Å². The minimum absolute atomic E-state index is 0.0876. The molecule has 0 aliphatic rings. The zero-order chi connectivity index (χ0) is 16.6. The third-order valence-corrected chi connectivity index (χ3v) is 3.84. The first-order valence-corrected chi connectivity index (χ1v) is 7.86. The van der Waals surface area contributed by atoms with E-state index in [4.69, 9.17) is 4.98 Å². The summed E-state index contributed by atoms with van der Waals surface area (Å²) < 4.78 is 1.49. The quantitative estimate of drug-likeness (QED) is 0.779. The van der Waals surface area contributed by atoms with Crippen LogP contribution < -0.4 is 10.9 Å². The fourth-order valence-corrected chi connectivity index (χ4v) is 2.55. The maximum absolute atomic E-state index is 12.3. The van der Waals surface area contributed by atoms with Crippen LogP contribution in [0, 0.1) is 0 Å². The molecule has 3 aromatic rings. The Labute approximate surface area is 135 Å². The van der Waals surface area contributed by atoms with Crippen LogP contribution in [0.2, 0.25) is 0 Å². The zero-order valence-electron chi connectivity index (χ0n) is 14.0. The molecule has 0 aliphatic carbocycles. The lowest BCUT2D eigenvalue weighted by molar-refractivity contribution is 0.566. The van der Waals surface area contributed by atoms with Gasteiger partial charge in [0.25, 0.3) is 5.56 Å². The number of anilines is 1. The Hall–Kier alpha value is -2.56. The average Bonchev–Trinajstić information content (AvgIpc) is 2.92. The molecule has 0 saturated heterocycles. The zero-order valence-corrected chi connectivity index (χ0v) is 14.0. The minimum atomic E-state index is -0.169. The molecule has 0 radical (unpaired) electrons. The predicted molar refractivity (Wildman–Crippen MR) is 94.1 cm³/mol. The fraction of sp³-hybridized carbons (Fsp3) is 0.333. The van der Waals surface area contributed by atoms with E-state index < -0.39 is 0 Å². The number of aromatic nitrogens is 3. The Morgan fingerprint density at radius 3 is 2.52 bits per heavy atom.